The minimum absolute atomic E-state index is 0.102. The van der Waals surface area contributed by atoms with Gasteiger partial charge in [0.1, 0.15) is 11.2 Å². The van der Waals surface area contributed by atoms with Crippen LogP contribution in [0.15, 0.2) is 30.5 Å². The molecule has 1 aromatic carbocycles. The van der Waals surface area contributed by atoms with Crippen LogP contribution in [0.1, 0.15) is 53.5 Å². The first-order valence-corrected chi connectivity index (χ1v) is 10.8. The van der Waals surface area contributed by atoms with Crippen molar-refractivity contribution in [2.45, 2.75) is 71.6 Å². The third-order valence-corrected chi connectivity index (χ3v) is 5.23. The van der Waals surface area contributed by atoms with E-state index >= 15 is 0 Å². The average molecular weight is 431 g/mol. The number of aromatic nitrogens is 1. The summed E-state index contributed by atoms with van der Waals surface area (Å²) in [6, 6.07) is 7.48. The smallest absolute Gasteiger partial charge is 0.419 e. The summed E-state index contributed by atoms with van der Waals surface area (Å²) < 4.78 is 12.6. The van der Waals surface area contributed by atoms with Crippen LogP contribution in [0.3, 0.4) is 0 Å². The van der Waals surface area contributed by atoms with E-state index < -0.39 is 23.4 Å². The van der Waals surface area contributed by atoms with Gasteiger partial charge in [0.25, 0.3) is 0 Å². The van der Waals surface area contributed by atoms with Crippen LogP contribution >= 0.6 is 0 Å². The third kappa shape index (κ3) is 5.58. The fourth-order valence-corrected chi connectivity index (χ4v) is 4.06. The molecule has 31 heavy (non-hydrogen) atoms. The summed E-state index contributed by atoms with van der Waals surface area (Å²) in [4.78, 5) is 27.0. The van der Waals surface area contributed by atoms with Crippen molar-refractivity contribution in [3.05, 3.63) is 36.0 Å². The second kappa shape index (κ2) is 8.54. The van der Waals surface area contributed by atoms with Crippen LogP contribution in [0.25, 0.3) is 10.9 Å². The molecule has 1 aliphatic rings. The molecule has 2 heterocycles. The Kier molecular flexibility index (Phi) is 6.37. The van der Waals surface area contributed by atoms with E-state index in [1.165, 1.54) is 0 Å². The SMILES string of the molecule is CC(C)(C)OC(=O)N1C[C@@H](Cc2cn(C(=O)OC(C)(C)C)c3ccccc23)C[C@H]1CO. The fraction of sp³-hybridized carbons (Fsp3) is 0.583. The highest BCUT2D eigenvalue weighted by molar-refractivity contribution is 5.92. The molecule has 1 amide bonds. The number of rotatable bonds is 3. The highest BCUT2D eigenvalue weighted by Crippen LogP contribution is 2.31. The topological polar surface area (TPSA) is 81.0 Å². The predicted molar refractivity (Wildman–Crippen MR) is 119 cm³/mol. The van der Waals surface area contributed by atoms with Crippen LogP contribution < -0.4 is 0 Å². The normalized spacial score (nSPS) is 19.6. The number of nitrogens with zero attached hydrogens (tertiary/aromatic N) is 2. The zero-order valence-corrected chi connectivity index (χ0v) is 19.3. The summed E-state index contributed by atoms with van der Waals surface area (Å²) >= 11 is 0. The lowest BCUT2D eigenvalue weighted by Crippen LogP contribution is -2.41. The van der Waals surface area contributed by atoms with Crippen LogP contribution in [0.4, 0.5) is 9.59 Å². The standard InChI is InChI=1S/C24H34N2O5/c1-23(2,3)30-21(28)25-13-16(12-18(25)15-27)11-17-14-26(22(29)31-24(4,5)6)20-10-8-7-9-19(17)20/h7-10,14,16,18,27H,11-13,15H2,1-6H3/t16-,18-/m0/s1. The summed E-state index contributed by atoms with van der Waals surface area (Å²) in [7, 11) is 0. The first-order valence-electron chi connectivity index (χ1n) is 10.8. The first-order chi connectivity index (χ1) is 14.4. The maximum atomic E-state index is 12.7. The molecule has 1 saturated heterocycles. The Hall–Kier alpha value is -2.54. The van der Waals surface area contributed by atoms with Crippen molar-refractivity contribution in [2.75, 3.05) is 13.2 Å². The molecular weight excluding hydrogens is 396 g/mol. The van der Waals surface area contributed by atoms with E-state index in [2.05, 4.69) is 0 Å². The third-order valence-electron chi connectivity index (χ3n) is 5.23. The van der Waals surface area contributed by atoms with Crippen LogP contribution in [-0.2, 0) is 15.9 Å². The maximum absolute atomic E-state index is 12.7. The monoisotopic (exact) mass is 430 g/mol. The molecule has 2 atom stereocenters. The van der Waals surface area contributed by atoms with E-state index in [0.717, 1.165) is 16.5 Å². The number of carbonyl (C=O) groups excluding carboxylic acids is 2. The number of carbonyl (C=O) groups is 2. The number of aliphatic hydroxyl groups is 1. The number of fused-ring (bicyclic) bond motifs is 1. The molecule has 3 rings (SSSR count). The van der Waals surface area contributed by atoms with Gasteiger partial charge in [-0.1, -0.05) is 18.2 Å². The lowest BCUT2D eigenvalue weighted by molar-refractivity contribution is 0.0172. The van der Waals surface area contributed by atoms with Crippen LogP contribution in [-0.4, -0.2) is 57.2 Å². The molecule has 0 aliphatic carbocycles. The Labute approximate surface area is 183 Å². The lowest BCUT2D eigenvalue weighted by Gasteiger charge is -2.27. The van der Waals surface area contributed by atoms with Gasteiger partial charge in [0.2, 0.25) is 0 Å². The summed E-state index contributed by atoms with van der Waals surface area (Å²) in [6.07, 6.45) is 2.40. The summed E-state index contributed by atoms with van der Waals surface area (Å²) in [5, 5.41) is 10.8. The van der Waals surface area contributed by atoms with Crippen molar-refractivity contribution in [3.63, 3.8) is 0 Å². The van der Waals surface area contributed by atoms with Gasteiger partial charge in [-0.2, -0.15) is 0 Å². The number of hydrogen-bond acceptors (Lipinski definition) is 5. The van der Waals surface area contributed by atoms with Gasteiger partial charge in [-0.05, 0) is 71.9 Å². The van der Waals surface area contributed by atoms with Gasteiger partial charge in [-0.25, -0.2) is 9.59 Å². The number of para-hydroxylation sites is 1. The van der Waals surface area contributed by atoms with Crippen molar-refractivity contribution >= 4 is 23.1 Å². The van der Waals surface area contributed by atoms with E-state index in [0.29, 0.717) is 19.4 Å². The second-order valence-electron chi connectivity index (χ2n) is 10.3. The van der Waals surface area contributed by atoms with Crippen molar-refractivity contribution in [2.24, 2.45) is 5.92 Å². The van der Waals surface area contributed by atoms with Gasteiger partial charge in [-0.15, -0.1) is 0 Å². The summed E-state index contributed by atoms with van der Waals surface area (Å²) in [5.74, 6) is 0.155. The number of aliphatic hydroxyl groups excluding tert-OH is 1. The summed E-state index contributed by atoms with van der Waals surface area (Å²) in [5.41, 5.74) is 0.647. The number of ether oxygens (including phenoxy) is 2. The molecule has 1 aromatic heterocycles. The Balaban J connectivity index is 1.82. The van der Waals surface area contributed by atoms with E-state index in [1.54, 1.807) is 9.47 Å². The molecule has 7 nitrogen and oxygen atoms in total. The molecule has 0 unspecified atom stereocenters. The Bertz CT molecular complexity index is 951. The maximum Gasteiger partial charge on any atom is 0.419 e. The number of hydrogen-bond donors (Lipinski definition) is 1. The molecule has 1 aliphatic heterocycles. The lowest BCUT2D eigenvalue weighted by atomic mass is 9.96. The molecule has 0 spiro atoms. The van der Waals surface area contributed by atoms with Crippen molar-refractivity contribution in [1.29, 1.82) is 0 Å². The van der Waals surface area contributed by atoms with E-state index in [1.807, 2.05) is 72.0 Å². The minimum Gasteiger partial charge on any atom is -0.444 e. The van der Waals surface area contributed by atoms with Gasteiger partial charge in [0, 0.05) is 18.1 Å². The predicted octanol–water partition coefficient (Wildman–Crippen LogP) is 4.58. The molecule has 0 saturated carbocycles. The van der Waals surface area contributed by atoms with Crippen LogP contribution in [0, 0.1) is 5.92 Å². The van der Waals surface area contributed by atoms with Gasteiger partial charge in [0.15, 0.2) is 0 Å². The highest BCUT2D eigenvalue weighted by Gasteiger charge is 2.37. The second-order valence-corrected chi connectivity index (χ2v) is 10.3. The van der Waals surface area contributed by atoms with E-state index in [-0.39, 0.29) is 18.6 Å². The van der Waals surface area contributed by atoms with E-state index in [4.69, 9.17) is 9.47 Å². The van der Waals surface area contributed by atoms with Gasteiger partial charge in [-0.3, -0.25) is 4.57 Å². The largest absolute Gasteiger partial charge is 0.444 e. The average Bonchev–Trinajstić information content (AvgIpc) is 3.21. The zero-order chi connectivity index (χ0) is 23.0. The van der Waals surface area contributed by atoms with Crippen LogP contribution in [0.2, 0.25) is 0 Å². The Morgan fingerprint density at radius 3 is 2.26 bits per heavy atom. The number of amides is 1. The molecule has 170 valence electrons. The Morgan fingerprint density at radius 2 is 1.65 bits per heavy atom. The van der Waals surface area contributed by atoms with Crippen molar-refractivity contribution in [3.8, 4) is 0 Å². The highest BCUT2D eigenvalue weighted by atomic mass is 16.6. The first kappa shape index (κ1) is 23.1. The van der Waals surface area contributed by atoms with Crippen LogP contribution in [0.5, 0.6) is 0 Å². The Morgan fingerprint density at radius 1 is 1.03 bits per heavy atom. The van der Waals surface area contributed by atoms with Crippen molar-refractivity contribution in [1.82, 2.24) is 9.47 Å². The summed E-state index contributed by atoms with van der Waals surface area (Å²) in [6.45, 7) is 11.4. The van der Waals surface area contributed by atoms with Gasteiger partial charge < -0.3 is 19.5 Å². The minimum atomic E-state index is -0.587. The van der Waals surface area contributed by atoms with E-state index in [9.17, 15) is 14.7 Å². The molecule has 0 bridgehead atoms. The van der Waals surface area contributed by atoms with Gasteiger partial charge in [0.05, 0.1) is 18.2 Å². The number of likely N-dealkylation sites (tertiary alicyclic amines) is 1. The molecule has 1 fully saturated rings. The number of benzene rings is 1. The molecule has 0 radical (unpaired) electrons. The van der Waals surface area contributed by atoms with Crippen molar-refractivity contribution < 1.29 is 24.2 Å². The quantitative estimate of drug-likeness (QED) is 0.771. The molecule has 7 heteroatoms. The van der Waals surface area contributed by atoms with Gasteiger partial charge >= 0.3 is 12.2 Å². The molecule has 1 N–H and O–H groups in total. The molecule has 2 aromatic rings. The molecular formula is C24H34N2O5. The zero-order valence-electron chi connectivity index (χ0n) is 19.3. The fourth-order valence-electron chi connectivity index (χ4n) is 4.06.